The monoisotopic (exact) mass is 436 g/mol. The number of pyridine rings is 1. The summed E-state index contributed by atoms with van der Waals surface area (Å²) in [6.45, 7) is 1.55. The summed E-state index contributed by atoms with van der Waals surface area (Å²) in [7, 11) is 2.71. The highest BCUT2D eigenvalue weighted by molar-refractivity contribution is 5.98. The minimum Gasteiger partial charge on any atom is -0.493 e. The van der Waals surface area contributed by atoms with Crippen LogP contribution < -0.4 is 31.6 Å². The summed E-state index contributed by atoms with van der Waals surface area (Å²) in [4.78, 5) is 20.4. The quantitative estimate of drug-likeness (QED) is 0.297. The number of hydrogen-bond donors (Lipinski definition) is 4. The molecule has 2 atom stereocenters. The van der Waals surface area contributed by atoms with Crippen LogP contribution in [0.25, 0.3) is 0 Å². The number of anilines is 3. The van der Waals surface area contributed by atoms with E-state index in [1.807, 2.05) is 6.07 Å². The van der Waals surface area contributed by atoms with Crippen LogP contribution >= 0.6 is 0 Å². The third-order valence-electron chi connectivity index (χ3n) is 4.70. The zero-order valence-corrected chi connectivity index (χ0v) is 17.5. The minimum absolute atomic E-state index is 0.0289. The van der Waals surface area contributed by atoms with Gasteiger partial charge in [-0.05, 0) is 24.6 Å². The molecule has 0 bridgehead atoms. The molecule has 164 valence electrons. The van der Waals surface area contributed by atoms with Gasteiger partial charge in [0.05, 0.1) is 19.9 Å². The fraction of sp³-hybridized carbons (Fsp3) is 0.250. The summed E-state index contributed by atoms with van der Waals surface area (Å²) < 4.78 is 15.7. The Bertz CT molecular complexity index is 1180. The van der Waals surface area contributed by atoms with Gasteiger partial charge in [-0.15, -0.1) is 0 Å². The standard InChI is InChI=1S/C20H20N8O4/c1-9(19(29)31-3)32-12-5-4-10(6-13(12)30-2)16-14-15(23)11(7-21)17(24)27-18(14)28-20(26-16)25-8-22/h4-6,9,16H,1-3H3,(H6,23,24,25,26,27,28). The van der Waals surface area contributed by atoms with E-state index < -0.39 is 18.1 Å². The summed E-state index contributed by atoms with van der Waals surface area (Å²) in [5, 5.41) is 23.7. The lowest BCUT2D eigenvalue weighted by atomic mass is 9.95. The number of nitrogen functional groups attached to an aromatic ring is 2. The van der Waals surface area contributed by atoms with E-state index in [2.05, 4.69) is 25.3 Å². The Morgan fingerprint density at radius 3 is 2.66 bits per heavy atom. The van der Waals surface area contributed by atoms with Crippen LogP contribution in [-0.4, -0.2) is 37.2 Å². The van der Waals surface area contributed by atoms with E-state index >= 15 is 0 Å². The number of nitrogens with one attached hydrogen (secondary N) is 2. The van der Waals surface area contributed by atoms with Crippen molar-refractivity contribution in [3.05, 3.63) is 34.9 Å². The van der Waals surface area contributed by atoms with Gasteiger partial charge in [-0.25, -0.2) is 14.8 Å². The summed E-state index contributed by atoms with van der Waals surface area (Å²) in [5.74, 6) is 0.427. The van der Waals surface area contributed by atoms with Crippen molar-refractivity contribution in [3.63, 3.8) is 0 Å². The van der Waals surface area contributed by atoms with Crippen molar-refractivity contribution in [3.8, 4) is 23.8 Å². The second kappa shape index (κ2) is 8.97. The van der Waals surface area contributed by atoms with Crippen molar-refractivity contribution in [2.75, 3.05) is 31.0 Å². The number of ether oxygens (including phenoxy) is 3. The van der Waals surface area contributed by atoms with Crippen LogP contribution in [-0.2, 0) is 9.53 Å². The molecule has 0 aliphatic carbocycles. The molecule has 1 aromatic heterocycles. The number of carbonyl (C=O) groups is 1. The Morgan fingerprint density at radius 1 is 1.28 bits per heavy atom. The zero-order valence-electron chi connectivity index (χ0n) is 17.5. The van der Waals surface area contributed by atoms with E-state index in [4.69, 9.17) is 26.2 Å². The first-order chi connectivity index (χ1) is 15.3. The summed E-state index contributed by atoms with van der Waals surface area (Å²) in [5.41, 5.74) is 13.2. The van der Waals surface area contributed by atoms with Gasteiger partial charge < -0.3 is 31.0 Å². The van der Waals surface area contributed by atoms with E-state index in [1.54, 1.807) is 31.3 Å². The molecule has 3 rings (SSSR count). The predicted molar refractivity (Wildman–Crippen MR) is 115 cm³/mol. The normalized spacial score (nSPS) is 15.0. The Kier molecular flexibility index (Phi) is 6.16. The van der Waals surface area contributed by atoms with Crippen LogP contribution in [0.1, 0.15) is 29.7 Å². The highest BCUT2D eigenvalue weighted by atomic mass is 16.6. The van der Waals surface area contributed by atoms with Gasteiger partial charge in [0.25, 0.3) is 0 Å². The molecule has 0 fully saturated rings. The molecule has 0 saturated heterocycles. The maximum atomic E-state index is 11.7. The number of carbonyl (C=O) groups excluding carboxylic acids is 1. The molecule has 0 saturated carbocycles. The van der Waals surface area contributed by atoms with Crippen LogP contribution in [0.15, 0.2) is 23.2 Å². The summed E-state index contributed by atoms with van der Waals surface area (Å²) in [6.07, 6.45) is 0.930. The molecule has 6 N–H and O–H groups in total. The van der Waals surface area contributed by atoms with E-state index in [1.165, 1.54) is 14.2 Å². The molecule has 0 amide bonds. The molecule has 1 aromatic carbocycles. The number of esters is 1. The Balaban J connectivity index is 2.11. The lowest BCUT2D eigenvalue weighted by molar-refractivity contribution is -0.147. The van der Waals surface area contributed by atoms with Gasteiger partial charge in [0.1, 0.15) is 29.3 Å². The number of nitriles is 2. The molecule has 32 heavy (non-hydrogen) atoms. The van der Waals surface area contributed by atoms with Crippen LogP contribution in [0, 0.1) is 22.8 Å². The first-order valence-electron chi connectivity index (χ1n) is 9.25. The van der Waals surface area contributed by atoms with Crippen molar-refractivity contribution < 1.29 is 19.0 Å². The summed E-state index contributed by atoms with van der Waals surface area (Å²) >= 11 is 0. The van der Waals surface area contributed by atoms with Crippen LogP contribution in [0.3, 0.4) is 0 Å². The zero-order chi connectivity index (χ0) is 23.4. The van der Waals surface area contributed by atoms with E-state index in [0.717, 1.165) is 0 Å². The molecular formula is C20H20N8O4. The minimum atomic E-state index is -0.857. The van der Waals surface area contributed by atoms with Gasteiger partial charge in [0.15, 0.2) is 23.8 Å². The Morgan fingerprint density at radius 2 is 2.03 bits per heavy atom. The molecule has 2 unspecified atom stereocenters. The number of rotatable bonds is 5. The summed E-state index contributed by atoms with van der Waals surface area (Å²) in [6, 6.07) is 6.14. The number of fused-ring (bicyclic) bond motifs is 1. The van der Waals surface area contributed by atoms with Crippen LogP contribution in [0.2, 0.25) is 0 Å². The van der Waals surface area contributed by atoms with E-state index in [0.29, 0.717) is 22.6 Å². The maximum Gasteiger partial charge on any atom is 0.346 e. The Hall–Kier alpha value is -4.71. The molecule has 1 aliphatic rings. The van der Waals surface area contributed by atoms with Gasteiger partial charge >= 0.3 is 5.97 Å². The highest BCUT2D eigenvalue weighted by Crippen LogP contribution is 2.42. The Labute approximate surface area is 183 Å². The molecule has 0 radical (unpaired) electrons. The topological polar surface area (TPSA) is 194 Å². The van der Waals surface area contributed by atoms with E-state index in [-0.39, 0.29) is 28.8 Å². The van der Waals surface area contributed by atoms with Gasteiger partial charge in [0, 0.05) is 5.56 Å². The van der Waals surface area contributed by atoms with Crippen molar-refractivity contribution in [1.29, 1.82) is 10.5 Å². The highest BCUT2D eigenvalue weighted by Gasteiger charge is 2.30. The van der Waals surface area contributed by atoms with Crippen molar-refractivity contribution in [2.45, 2.75) is 19.1 Å². The number of nitrogens with two attached hydrogens (primary N) is 2. The maximum absolute atomic E-state index is 11.7. The second-order valence-corrected chi connectivity index (χ2v) is 6.60. The van der Waals surface area contributed by atoms with Gasteiger partial charge in [0.2, 0.25) is 5.96 Å². The van der Waals surface area contributed by atoms with Crippen molar-refractivity contribution in [2.24, 2.45) is 4.99 Å². The fourth-order valence-electron chi connectivity index (χ4n) is 3.18. The molecule has 2 heterocycles. The van der Waals surface area contributed by atoms with Crippen molar-refractivity contribution >= 4 is 29.3 Å². The average Bonchev–Trinajstić information content (AvgIpc) is 2.78. The predicted octanol–water partition coefficient (Wildman–Crippen LogP) is 1.01. The van der Waals surface area contributed by atoms with Crippen LogP contribution in [0.4, 0.5) is 17.3 Å². The van der Waals surface area contributed by atoms with Gasteiger partial charge in [-0.1, -0.05) is 6.07 Å². The second-order valence-electron chi connectivity index (χ2n) is 6.60. The first-order valence-corrected chi connectivity index (χ1v) is 9.25. The number of guanidine groups is 1. The number of hydrogen-bond acceptors (Lipinski definition) is 12. The number of methoxy groups -OCH3 is 2. The smallest absolute Gasteiger partial charge is 0.346 e. The van der Waals surface area contributed by atoms with E-state index in [9.17, 15) is 10.1 Å². The number of aromatic nitrogens is 1. The third-order valence-corrected chi connectivity index (χ3v) is 4.70. The van der Waals surface area contributed by atoms with Crippen molar-refractivity contribution in [1.82, 2.24) is 10.3 Å². The van der Waals surface area contributed by atoms with Gasteiger partial charge in [-0.3, -0.25) is 5.32 Å². The van der Waals surface area contributed by atoms with Gasteiger partial charge in [-0.2, -0.15) is 10.5 Å². The average molecular weight is 436 g/mol. The molecule has 2 aromatic rings. The number of benzene rings is 1. The lowest BCUT2D eigenvalue weighted by Crippen LogP contribution is -2.32. The molecule has 12 nitrogen and oxygen atoms in total. The third kappa shape index (κ3) is 3.97. The first kappa shape index (κ1) is 22.0. The molecule has 12 heteroatoms. The lowest BCUT2D eigenvalue weighted by Gasteiger charge is -2.26. The molecule has 1 aliphatic heterocycles. The SMILES string of the molecule is COC(=O)C(C)Oc1ccc(C2N=C(NC#N)Nc3nc(N)c(C#N)c(N)c32)cc1OC. The number of nitrogens with zero attached hydrogens (tertiary/aromatic N) is 4. The molecular weight excluding hydrogens is 416 g/mol. The fourth-order valence-corrected chi connectivity index (χ4v) is 3.18. The van der Waals surface area contributed by atoms with Crippen LogP contribution in [0.5, 0.6) is 11.5 Å². The number of aliphatic imine (C=N–C) groups is 1. The largest absolute Gasteiger partial charge is 0.493 e. The molecule has 0 spiro atoms.